The van der Waals surface area contributed by atoms with Crippen LogP contribution in [0.3, 0.4) is 0 Å². The van der Waals surface area contributed by atoms with Crippen molar-refractivity contribution in [3.63, 3.8) is 0 Å². The third-order valence-electron chi connectivity index (χ3n) is 2.91. The number of carbonyl (C=O) groups excluding carboxylic acids is 1. The second-order valence-corrected chi connectivity index (χ2v) is 4.17. The molecule has 0 fully saturated rings. The number of allylic oxidation sites excluding steroid dienone is 2. The lowest BCUT2D eigenvalue weighted by Crippen LogP contribution is -2.42. The average Bonchev–Trinajstić information content (AvgIpc) is 2.80. The molecule has 0 bridgehead atoms. The van der Waals surface area contributed by atoms with Crippen LogP contribution in [0.25, 0.3) is 0 Å². The molecular formula is C12H20N2O3. The van der Waals surface area contributed by atoms with Crippen LogP contribution in [0.15, 0.2) is 11.8 Å². The molecule has 0 saturated heterocycles. The molecule has 0 aromatic carbocycles. The summed E-state index contributed by atoms with van der Waals surface area (Å²) in [6, 6.07) is -0.699. The number of likely N-dealkylation sites (N-methyl/N-ethyl adjacent to an activating group) is 1. The van der Waals surface area contributed by atoms with Gasteiger partial charge >= 0.3 is 5.97 Å². The summed E-state index contributed by atoms with van der Waals surface area (Å²) < 4.78 is 0. The number of aliphatic carboxylic acids is 1. The molecule has 96 valence electrons. The van der Waals surface area contributed by atoms with Crippen LogP contribution in [0.5, 0.6) is 0 Å². The fourth-order valence-corrected chi connectivity index (χ4v) is 1.86. The summed E-state index contributed by atoms with van der Waals surface area (Å²) in [4.78, 5) is 24.3. The monoisotopic (exact) mass is 240 g/mol. The second kappa shape index (κ2) is 6.39. The molecule has 1 unspecified atom stereocenters. The van der Waals surface area contributed by atoms with Gasteiger partial charge in [-0.3, -0.25) is 14.9 Å². The Bertz CT molecular complexity index is 326. The molecule has 17 heavy (non-hydrogen) atoms. The minimum absolute atomic E-state index is 0.0613. The van der Waals surface area contributed by atoms with E-state index in [-0.39, 0.29) is 12.5 Å². The minimum Gasteiger partial charge on any atom is -0.480 e. The van der Waals surface area contributed by atoms with Gasteiger partial charge in [0.1, 0.15) is 6.04 Å². The SMILES string of the molecule is CCN(C(=O)CNC(C)C(=O)O)C1=CCCC1. The van der Waals surface area contributed by atoms with Crippen molar-refractivity contribution in [2.75, 3.05) is 13.1 Å². The van der Waals surface area contributed by atoms with Gasteiger partial charge in [-0.1, -0.05) is 6.08 Å². The normalized spacial score (nSPS) is 16.5. The lowest BCUT2D eigenvalue weighted by Gasteiger charge is -2.23. The highest BCUT2D eigenvalue weighted by Crippen LogP contribution is 2.21. The Morgan fingerprint density at radius 2 is 2.29 bits per heavy atom. The molecule has 0 aromatic heterocycles. The van der Waals surface area contributed by atoms with Crippen LogP contribution in [0.1, 0.15) is 33.1 Å². The van der Waals surface area contributed by atoms with Crippen molar-refractivity contribution in [3.05, 3.63) is 11.8 Å². The van der Waals surface area contributed by atoms with Crippen molar-refractivity contribution in [2.24, 2.45) is 0 Å². The Morgan fingerprint density at radius 1 is 1.59 bits per heavy atom. The van der Waals surface area contributed by atoms with Crippen LogP contribution < -0.4 is 5.32 Å². The molecule has 5 heteroatoms. The van der Waals surface area contributed by atoms with Crippen LogP contribution >= 0.6 is 0 Å². The molecule has 1 atom stereocenters. The number of hydrogen-bond donors (Lipinski definition) is 2. The van der Waals surface area contributed by atoms with Gasteiger partial charge in [0.25, 0.3) is 0 Å². The Morgan fingerprint density at radius 3 is 2.76 bits per heavy atom. The van der Waals surface area contributed by atoms with Crippen LogP contribution in [0, 0.1) is 0 Å². The first-order valence-electron chi connectivity index (χ1n) is 6.01. The zero-order valence-corrected chi connectivity index (χ0v) is 10.4. The maximum absolute atomic E-state index is 11.9. The number of hydrogen-bond acceptors (Lipinski definition) is 3. The second-order valence-electron chi connectivity index (χ2n) is 4.17. The summed E-state index contributed by atoms with van der Waals surface area (Å²) in [5, 5.41) is 11.4. The summed E-state index contributed by atoms with van der Waals surface area (Å²) in [7, 11) is 0. The number of carbonyl (C=O) groups is 2. The number of nitrogens with zero attached hydrogens (tertiary/aromatic N) is 1. The number of carboxylic acids is 1. The summed E-state index contributed by atoms with van der Waals surface area (Å²) in [6.07, 6.45) is 5.15. The Hall–Kier alpha value is -1.36. The van der Waals surface area contributed by atoms with Crippen molar-refractivity contribution >= 4 is 11.9 Å². The third kappa shape index (κ3) is 3.85. The van der Waals surface area contributed by atoms with E-state index in [0.29, 0.717) is 6.54 Å². The van der Waals surface area contributed by atoms with Crippen molar-refractivity contribution in [2.45, 2.75) is 39.2 Å². The van der Waals surface area contributed by atoms with E-state index >= 15 is 0 Å². The first-order chi connectivity index (χ1) is 8.06. The van der Waals surface area contributed by atoms with E-state index in [2.05, 4.69) is 11.4 Å². The Labute approximate surface area is 101 Å². The van der Waals surface area contributed by atoms with Gasteiger partial charge in [-0.2, -0.15) is 0 Å². The first kappa shape index (κ1) is 13.7. The van der Waals surface area contributed by atoms with E-state index in [1.54, 1.807) is 4.90 Å². The largest absolute Gasteiger partial charge is 0.480 e. The van der Waals surface area contributed by atoms with Crippen LogP contribution in [-0.2, 0) is 9.59 Å². The quantitative estimate of drug-likeness (QED) is 0.725. The molecule has 1 aliphatic rings. The zero-order chi connectivity index (χ0) is 12.8. The Balaban J connectivity index is 2.47. The van der Waals surface area contributed by atoms with Gasteiger partial charge in [-0.15, -0.1) is 0 Å². The molecule has 0 spiro atoms. The lowest BCUT2D eigenvalue weighted by atomic mass is 10.3. The molecule has 1 amide bonds. The van der Waals surface area contributed by atoms with Crippen molar-refractivity contribution < 1.29 is 14.7 Å². The number of nitrogens with one attached hydrogen (secondary N) is 1. The third-order valence-corrected chi connectivity index (χ3v) is 2.91. The van der Waals surface area contributed by atoms with Crippen LogP contribution in [-0.4, -0.2) is 41.0 Å². The summed E-state index contributed by atoms with van der Waals surface area (Å²) in [5.74, 6) is -1.00. The zero-order valence-electron chi connectivity index (χ0n) is 10.4. The fraction of sp³-hybridized carbons (Fsp3) is 0.667. The number of rotatable bonds is 6. The van der Waals surface area contributed by atoms with E-state index in [4.69, 9.17) is 5.11 Å². The van der Waals surface area contributed by atoms with Gasteiger partial charge in [0.2, 0.25) is 5.91 Å². The Kier molecular flexibility index (Phi) is 5.15. The van der Waals surface area contributed by atoms with E-state index in [9.17, 15) is 9.59 Å². The predicted octanol–water partition coefficient (Wildman–Crippen LogP) is 0.965. The predicted molar refractivity (Wildman–Crippen MR) is 64.4 cm³/mol. The molecule has 5 nitrogen and oxygen atoms in total. The summed E-state index contributed by atoms with van der Waals surface area (Å²) in [6.45, 7) is 4.16. The van der Waals surface area contributed by atoms with Crippen molar-refractivity contribution in [1.82, 2.24) is 10.2 Å². The van der Waals surface area contributed by atoms with Crippen molar-refractivity contribution in [1.29, 1.82) is 0 Å². The summed E-state index contributed by atoms with van der Waals surface area (Å²) >= 11 is 0. The molecule has 1 rings (SSSR count). The maximum atomic E-state index is 11.9. The molecule has 0 aromatic rings. The molecule has 0 saturated carbocycles. The van der Waals surface area contributed by atoms with Crippen molar-refractivity contribution in [3.8, 4) is 0 Å². The standard InChI is InChI=1S/C12H20N2O3/c1-3-14(10-6-4-5-7-10)11(15)8-13-9(2)12(16)17/h6,9,13H,3-5,7-8H2,1-2H3,(H,16,17). The van der Waals surface area contributed by atoms with Gasteiger partial charge in [0.05, 0.1) is 6.54 Å². The molecular weight excluding hydrogens is 220 g/mol. The molecule has 2 N–H and O–H groups in total. The fourth-order valence-electron chi connectivity index (χ4n) is 1.86. The lowest BCUT2D eigenvalue weighted by molar-refractivity contribution is -0.139. The minimum atomic E-state index is -0.944. The van der Waals surface area contributed by atoms with E-state index in [1.807, 2.05) is 6.92 Å². The van der Waals surface area contributed by atoms with Gasteiger partial charge in [0, 0.05) is 12.2 Å². The smallest absolute Gasteiger partial charge is 0.320 e. The van der Waals surface area contributed by atoms with Gasteiger partial charge in [-0.25, -0.2) is 0 Å². The van der Waals surface area contributed by atoms with E-state index < -0.39 is 12.0 Å². The molecule has 0 heterocycles. The average molecular weight is 240 g/mol. The number of carboxylic acid groups (broad SMARTS) is 1. The maximum Gasteiger partial charge on any atom is 0.320 e. The highest BCUT2D eigenvalue weighted by atomic mass is 16.4. The molecule has 1 aliphatic carbocycles. The first-order valence-corrected chi connectivity index (χ1v) is 6.01. The van der Waals surface area contributed by atoms with Gasteiger partial charge < -0.3 is 10.0 Å². The van der Waals surface area contributed by atoms with Gasteiger partial charge in [-0.05, 0) is 33.1 Å². The number of amides is 1. The highest BCUT2D eigenvalue weighted by Gasteiger charge is 2.19. The highest BCUT2D eigenvalue weighted by molar-refractivity contribution is 5.81. The topological polar surface area (TPSA) is 69.6 Å². The van der Waals surface area contributed by atoms with E-state index in [1.165, 1.54) is 6.92 Å². The molecule has 0 radical (unpaired) electrons. The van der Waals surface area contributed by atoms with Crippen LogP contribution in [0.2, 0.25) is 0 Å². The summed E-state index contributed by atoms with van der Waals surface area (Å²) in [5.41, 5.74) is 1.07. The molecule has 0 aliphatic heterocycles. The van der Waals surface area contributed by atoms with Gasteiger partial charge in [0.15, 0.2) is 0 Å². The van der Waals surface area contributed by atoms with Crippen LogP contribution in [0.4, 0.5) is 0 Å². The van der Waals surface area contributed by atoms with E-state index in [0.717, 1.165) is 25.0 Å².